The first-order valence-electron chi connectivity index (χ1n) is 7.59. The molecule has 21 heavy (non-hydrogen) atoms. The molecule has 4 nitrogen and oxygen atoms in total. The van der Waals surface area contributed by atoms with Crippen molar-refractivity contribution in [3.63, 3.8) is 0 Å². The Morgan fingerprint density at radius 1 is 1.29 bits per heavy atom. The van der Waals surface area contributed by atoms with E-state index in [4.69, 9.17) is 0 Å². The lowest BCUT2D eigenvalue weighted by atomic mass is 9.87. The summed E-state index contributed by atoms with van der Waals surface area (Å²) < 4.78 is 0. The molecule has 1 aromatic carbocycles. The van der Waals surface area contributed by atoms with E-state index in [1.165, 1.54) is 5.56 Å². The SMILES string of the molecule is CC(C)(C)C[C@H]1C(=O)NC[C@@H](O)CN1Cc1ccccc1. The van der Waals surface area contributed by atoms with Gasteiger partial charge >= 0.3 is 0 Å². The van der Waals surface area contributed by atoms with E-state index in [-0.39, 0.29) is 17.4 Å². The molecule has 1 aromatic rings. The molecule has 1 amide bonds. The number of nitrogens with zero attached hydrogens (tertiary/aromatic N) is 1. The number of nitrogens with one attached hydrogen (secondary N) is 1. The van der Waals surface area contributed by atoms with Gasteiger partial charge in [-0.15, -0.1) is 0 Å². The molecule has 0 spiro atoms. The molecule has 0 aliphatic carbocycles. The van der Waals surface area contributed by atoms with E-state index in [0.29, 0.717) is 19.6 Å². The Hall–Kier alpha value is -1.39. The number of benzene rings is 1. The number of rotatable bonds is 3. The zero-order chi connectivity index (χ0) is 15.5. The molecule has 2 rings (SSSR count). The Morgan fingerprint density at radius 3 is 2.57 bits per heavy atom. The number of hydrogen-bond acceptors (Lipinski definition) is 3. The van der Waals surface area contributed by atoms with Gasteiger partial charge in [-0.25, -0.2) is 0 Å². The van der Waals surface area contributed by atoms with Crippen LogP contribution in [0.2, 0.25) is 0 Å². The first-order chi connectivity index (χ1) is 9.85. The highest BCUT2D eigenvalue weighted by Crippen LogP contribution is 2.26. The van der Waals surface area contributed by atoms with Crippen LogP contribution in [0.4, 0.5) is 0 Å². The smallest absolute Gasteiger partial charge is 0.237 e. The second-order valence-corrected chi connectivity index (χ2v) is 7.09. The number of hydrogen-bond donors (Lipinski definition) is 2. The van der Waals surface area contributed by atoms with Gasteiger partial charge in [-0.1, -0.05) is 51.1 Å². The molecule has 1 heterocycles. The molecule has 0 saturated carbocycles. The maximum absolute atomic E-state index is 12.4. The quantitative estimate of drug-likeness (QED) is 0.892. The highest BCUT2D eigenvalue weighted by molar-refractivity contribution is 5.82. The van der Waals surface area contributed by atoms with Gasteiger partial charge in [0.05, 0.1) is 12.1 Å². The highest BCUT2D eigenvalue weighted by atomic mass is 16.3. The largest absolute Gasteiger partial charge is 0.390 e. The van der Waals surface area contributed by atoms with Gasteiger partial charge in [-0.05, 0) is 17.4 Å². The summed E-state index contributed by atoms with van der Waals surface area (Å²) in [5.41, 5.74) is 1.23. The van der Waals surface area contributed by atoms with Gasteiger partial charge in [0.25, 0.3) is 0 Å². The van der Waals surface area contributed by atoms with Gasteiger partial charge in [-0.3, -0.25) is 9.69 Å². The van der Waals surface area contributed by atoms with Crippen molar-refractivity contribution in [2.45, 2.75) is 45.9 Å². The summed E-state index contributed by atoms with van der Waals surface area (Å²) in [4.78, 5) is 14.5. The Kier molecular flexibility index (Phi) is 5.01. The molecule has 1 aliphatic heterocycles. The molecular weight excluding hydrogens is 264 g/mol. The molecule has 4 heteroatoms. The zero-order valence-corrected chi connectivity index (χ0v) is 13.2. The van der Waals surface area contributed by atoms with Crippen LogP contribution < -0.4 is 5.32 Å². The lowest BCUT2D eigenvalue weighted by Gasteiger charge is -2.33. The van der Waals surface area contributed by atoms with Crippen LogP contribution in [0, 0.1) is 5.41 Å². The van der Waals surface area contributed by atoms with Crippen LogP contribution in [-0.2, 0) is 11.3 Å². The van der Waals surface area contributed by atoms with E-state index in [9.17, 15) is 9.90 Å². The number of aliphatic hydroxyl groups excluding tert-OH is 1. The van der Waals surface area contributed by atoms with E-state index in [0.717, 1.165) is 6.42 Å². The highest BCUT2D eigenvalue weighted by Gasteiger charge is 2.33. The van der Waals surface area contributed by atoms with Gasteiger partial charge in [0.15, 0.2) is 0 Å². The first-order valence-corrected chi connectivity index (χ1v) is 7.59. The van der Waals surface area contributed by atoms with Crippen molar-refractivity contribution < 1.29 is 9.90 Å². The fourth-order valence-electron chi connectivity index (χ4n) is 2.76. The lowest BCUT2D eigenvalue weighted by molar-refractivity contribution is -0.126. The van der Waals surface area contributed by atoms with Crippen LogP contribution in [0.25, 0.3) is 0 Å². The van der Waals surface area contributed by atoms with Gasteiger partial charge in [-0.2, -0.15) is 0 Å². The Morgan fingerprint density at radius 2 is 1.95 bits per heavy atom. The van der Waals surface area contributed by atoms with Crippen molar-refractivity contribution in [3.05, 3.63) is 35.9 Å². The number of aliphatic hydroxyl groups is 1. The van der Waals surface area contributed by atoms with E-state index >= 15 is 0 Å². The van der Waals surface area contributed by atoms with E-state index in [2.05, 4.69) is 43.1 Å². The van der Waals surface area contributed by atoms with Crippen LogP contribution in [0.5, 0.6) is 0 Å². The molecule has 1 saturated heterocycles. The average molecular weight is 290 g/mol. The fourth-order valence-corrected chi connectivity index (χ4v) is 2.76. The van der Waals surface area contributed by atoms with Crippen LogP contribution in [-0.4, -0.2) is 41.1 Å². The molecule has 0 bridgehead atoms. The predicted octanol–water partition coefficient (Wildman–Crippen LogP) is 1.78. The Labute approximate surface area is 127 Å². The van der Waals surface area contributed by atoms with Crippen molar-refractivity contribution >= 4 is 5.91 Å². The van der Waals surface area contributed by atoms with Gasteiger partial charge in [0, 0.05) is 19.6 Å². The Bertz CT molecular complexity index is 467. The van der Waals surface area contributed by atoms with Crippen LogP contribution in [0.3, 0.4) is 0 Å². The topological polar surface area (TPSA) is 52.6 Å². The number of carbonyl (C=O) groups excluding carboxylic acids is 1. The third-order valence-corrected chi connectivity index (χ3v) is 3.73. The molecule has 116 valence electrons. The minimum atomic E-state index is -0.511. The summed E-state index contributed by atoms with van der Waals surface area (Å²) >= 11 is 0. The van der Waals surface area contributed by atoms with E-state index in [1.807, 2.05) is 18.2 Å². The molecular formula is C17H26N2O2. The van der Waals surface area contributed by atoms with Crippen molar-refractivity contribution in [2.75, 3.05) is 13.1 Å². The summed E-state index contributed by atoms with van der Waals surface area (Å²) in [5.74, 6) is 0.0254. The van der Waals surface area contributed by atoms with E-state index < -0.39 is 6.10 Å². The minimum absolute atomic E-state index is 0.0254. The van der Waals surface area contributed by atoms with E-state index in [1.54, 1.807) is 0 Å². The molecule has 0 unspecified atom stereocenters. The number of amides is 1. The van der Waals surface area contributed by atoms with Gasteiger partial charge < -0.3 is 10.4 Å². The summed E-state index contributed by atoms with van der Waals surface area (Å²) in [6.07, 6.45) is 0.265. The Balaban J connectivity index is 2.19. The van der Waals surface area contributed by atoms with Crippen molar-refractivity contribution in [3.8, 4) is 0 Å². The summed E-state index contributed by atoms with van der Waals surface area (Å²) in [5, 5.41) is 12.9. The normalized spacial score (nSPS) is 24.5. The maximum Gasteiger partial charge on any atom is 0.237 e. The van der Waals surface area contributed by atoms with Gasteiger partial charge in [0.1, 0.15) is 0 Å². The fraction of sp³-hybridized carbons (Fsp3) is 0.588. The zero-order valence-electron chi connectivity index (χ0n) is 13.2. The third-order valence-electron chi connectivity index (χ3n) is 3.73. The minimum Gasteiger partial charge on any atom is -0.390 e. The maximum atomic E-state index is 12.4. The molecule has 2 atom stereocenters. The average Bonchev–Trinajstić information content (AvgIpc) is 2.52. The van der Waals surface area contributed by atoms with Crippen LogP contribution in [0.1, 0.15) is 32.8 Å². The molecule has 0 radical (unpaired) electrons. The third kappa shape index (κ3) is 4.83. The summed E-state index contributed by atoms with van der Waals surface area (Å²) in [6.45, 7) is 7.97. The first kappa shape index (κ1) is 16.0. The summed E-state index contributed by atoms with van der Waals surface area (Å²) in [7, 11) is 0. The molecule has 1 aliphatic rings. The second-order valence-electron chi connectivity index (χ2n) is 7.09. The van der Waals surface area contributed by atoms with Crippen LogP contribution >= 0.6 is 0 Å². The van der Waals surface area contributed by atoms with Crippen LogP contribution in [0.15, 0.2) is 30.3 Å². The lowest BCUT2D eigenvalue weighted by Crippen LogP contribution is -2.46. The predicted molar refractivity (Wildman–Crippen MR) is 83.7 cm³/mol. The monoisotopic (exact) mass is 290 g/mol. The standard InChI is InChI=1S/C17H26N2O2/c1-17(2,3)9-15-16(21)18-10-14(20)12-19(15)11-13-7-5-4-6-8-13/h4-8,14-15,20H,9-12H2,1-3H3,(H,18,21)/t14-,15+/m1/s1. The van der Waals surface area contributed by atoms with Crippen molar-refractivity contribution in [1.29, 1.82) is 0 Å². The number of β-amino-alcohol motifs (C(OH)–C–C–N with tert-alkyl or cyclic N) is 1. The molecule has 2 N–H and O–H groups in total. The van der Waals surface area contributed by atoms with Gasteiger partial charge in [0.2, 0.25) is 5.91 Å². The van der Waals surface area contributed by atoms with Crippen molar-refractivity contribution in [2.24, 2.45) is 5.41 Å². The molecule has 1 fully saturated rings. The molecule has 0 aromatic heterocycles. The van der Waals surface area contributed by atoms with Crippen molar-refractivity contribution in [1.82, 2.24) is 10.2 Å². The second kappa shape index (κ2) is 6.58. The summed E-state index contributed by atoms with van der Waals surface area (Å²) in [6, 6.07) is 9.92. The number of carbonyl (C=O) groups is 1.